The molecule has 3 atom stereocenters. The molecule has 1 aliphatic rings. The summed E-state index contributed by atoms with van der Waals surface area (Å²) in [6.45, 7) is 0.587. The molecule has 2 rings (SSSR count). The zero-order valence-electron chi connectivity index (χ0n) is 12.6. The third-order valence-electron chi connectivity index (χ3n) is 4.02. The molecular formula is C16H23NO3S. The molecular weight excluding hydrogens is 286 g/mol. The maximum Gasteiger partial charge on any atom is 0.253 e. The van der Waals surface area contributed by atoms with Crippen molar-refractivity contribution in [3.63, 3.8) is 0 Å². The van der Waals surface area contributed by atoms with Crippen molar-refractivity contribution in [1.82, 2.24) is 4.90 Å². The van der Waals surface area contributed by atoms with Crippen LogP contribution in [0.5, 0.6) is 0 Å². The third-order valence-corrected chi connectivity index (χ3v) is 4.76. The van der Waals surface area contributed by atoms with Gasteiger partial charge in [0.15, 0.2) is 0 Å². The molecule has 1 aromatic carbocycles. The molecule has 0 radical (unpaired) electrons. The zero-order chi connectivity index (χ0) is 15.4. The van der Waals surface area contributed by atoms with Gasteiger partial charge in [0.2, 0.25) is 0 Å². The Balaban J connectivity index is 2.03. The van der Waals surface area contributed by atoms with E-state index in [-0.39, 0.29) is 17.9 Å². The van der Waals surface area contributed by atoms with Crippen molar-refractivity contribution in [3.05, 3.63) is 35.4 Å². The van der Waals surface area contributed by atoms with E-state index in [1.165, 1.54) is 0 Å². The summed E-state index contributed by atoms with van der Waals surface area (Å²) < 4.78 is 11.3. The summed E-state index contributed by atoms with van der Waals surface area (Å²) in [5.41, 5.74) is 1.53. The van der Waals surface area contributed by atoms with Gasteiger partial charge in [0.1, 0.15) is 0 Å². The summed E-state index contributed by atoms with van der Waals surface area (Å²) in [5, 5.41) is 9.86. The van der Waals surface area contributed by atoms with Crippen LogP contribution in [-0.4, -0.2) is 46.1 Å². The second-order valence-electron chi connectivity index (χ2n) is 5.86. The second kappa shape index (κ2) is 7.18. The minimum Gasteiger partial charge on any atom is -0.393 e. The van der Waals surface area contributed by atoms with Gasteiger partial charge < -0.3 is 10.0 Å². The van der Waals surface area contributed by atoms with E-state index in [1.54, 1.807) is 24.3 Å². The van der Waals surface area contributed by atoms with Crippen molar-refractivity contribution < 1.29 is 14.1 Å². The van der Waals surface area contributed by atoms with Crippen molar-refractivity contribution in [1.29, 1.82) is 0 Å². The summed E-state index contributed by atoms with van der Waals surface area (Å²) in [7, 11) is 0.861. The number of nitrogens with zero attached hydrogens (tertiary/aromatic N) is 1. The van der Waals surface area contributed by atoms with E-state index in [2.05, 4.69) is 0 Å². The van der Waals surface area contributed by atoms with E-state index in [1.807, 2.05) is 18.2 Å². The molecule has 1 aliphatic carbocycles. The predicted octanol–water partition coefficient (Wildman–Crippen LogP) is 1.80. The standard InChI is InChI=1S/C16H23NO3S/c1-17(10-14-7-4-8-15(14)18)16(19)13-6-3-5-12(9-13)11-21(2)20/h3,5-6,9,14-15,18H,4,7-8,10-11H2,1-2H3. The monoisotopic (exact) mass is 309 g/mol. The number of hydrogen-bond acceptors (Lipinski definition) is 3. The lowest BCUT2D eigenvalue weighted by molar-refractivity contribution is 0.0693. The Labute approximate surface area is 128 Å². The highest BCUT2D eigenvalue weighted by atomic mass is 32.2. The molecule has 116 valence electrons. The highest BCUT2D eigenvalue weighted by Gasteiger charge is 2.27. The first kappa shape index (κ1) is 16.2. The average molecular weight is 309 g/mol. The molecule has 1 aromatic rings. The second-order valence-corrected chi connectivity index (χ2v) is 7.30. The number of amides is 1. The van der Waals surface area contributed by atoms with E-state index in [4.69, 9.17) is 0 Å². The average Bonchev–Trinajstić information content (AvgIpc) is 2.83. The maximum absolute atomic E-state index is 12.4. The first-order chi connectivity index (χ1) is 9.97. The Morgan fingerprint density at radius 3 is 2.81 bits per heavy atom. The quantitative estimate of drug-likeness (QED) is 0.902. The first-order valence-electron chi connectivity index (χ1n) is 7.30. The molecule has 21 heavy (non-hydrogen) atoms. The molecule has 3 unspecified atom stereocenters. The Kier molecular flexibility index (Phi) is 5.53. The molecule has 0 heterocycles. The van der Waals surface area contributed by atoms with Crippen LogP contribution < -0.4 is 0 Å². The lowest BCUT2D eigenvalue weighted by Gasteiger charge is -2.23. The first-order valence-corrected chi connectivity index (χ1v) is 9.02. The minimum atomic E-state index is -0.915. The van der Waals surface area contributed by atoms with Gasteiger partial charge in [-0.05, 0) is 30.5 Å². The van der Waals surface area contributed by atoms with Gasteiger partial charge in [0, 0.05) is 47.9 Å². The van der Waals surface area contributed by atoms with Gasteiger partial charge in [-0.15, -0.1) is 0 Å². The molecule has 5 heteroatoms. The van der Waals surface area contributed by atoms with Crippen molar-refractivity contribution in [3.8, 4) is 0 Å². The lowest BCUT2D eigenvalue weighted by Crippen LogP contribution is -2.34. The van der Waals surface area contributed by atoms with Crippen LogP contribution in [0.2, 0.25) is 0 Å². The fourth-order valence-electron chi connectivity index (χ4n) is 2.91. The van der Waals surface area contributed by atoms with Crippen LogP contribution in [0, 0.1) is 5.92 Å². The topological polar surface area (TPSA) is 57.6 Å². The highest BCUT2D eigenvalue weighted by Crippen LogP contribution is 2.26. The van der Waals surface area contributed by atoms with E-state index in [0.717, 1.165) is 24.8 Å². The maximum atomic E-state index is 12.4. The number of hydrogen-bond donors (Lipinski definition) is 1. The number of aliphatic hydroxyl groups excluding tert-OH is 1. The molecule has 1 fully saturated rings. The summed E-state index contributed by atoms with van der Waals surface area (Å²) in [4.78, 5) is 14.1. The molecule has 0 bridgehead atoms. The van der Waals surface area contributed by atoms with Gasteiger partial charge in [-0.3, -0.25) is 9.00 Å². The van der Waals surface area contributed by atoms with Crippen LogP contribution in [0.25, 0.3) is 0 Å². The van der Waals surface area contributed by atoms with Gasteiger partial charge in [-0.2, -0.15) is 0 Å². The van der Waals surface area contributed by atoms with Crippen LogP contribution in [-0.2, 0) is 16.6 Å². The Bertz CT molecular complexity index is 532. The Hall–Kier alpha value is -1.20. The summed E-state index contributed by atoms with van der Waals surface area (Å²) in [6, 6.07) is 7.31. The van der Waals surface area contributed by atoms with Crippen LogP contribution in [0.4, 0.5) is 0 Å². The number of carbonyl (C=O) groups excluding carboxylic acids is 1. The molecule has 0 aliphatic heterocycles. The van der Waals surface area contributed by atoms with Gasteiger partial charge in [0.05, 0.1) is 6.10 Å². The fraction of sp³-hybridized carbons (Fsp3) is 0.562. The largest absolute Gasteiger partial charge is 0.393 e. The lowest BCUT2D eigenvalue weighted by atomic mass is 10.0. The number of rotatable bonds is 5. The summed E-state index contributed by atoms with van der Waals surface area (Å²) >= 11 is 0. The summed E-state index contributed by atoms with van der Waals surface area (Å²) in [6.07, 6.45) is 4.22. The summed E-state index contributed by atoms with van der Waals surface area (Å²) in [5.74, 6) is 0.606. The van der Waals surface area contributed by atoms with Crippen LogP contribution in [0.1, 0.15) is 35.2 Å². The van der Waals surface area contributed by atoms with E-state index < -0.39 is 10.8 Å². The molecule has 1 amide bonds. The zero-order valence-corrected chi connectivity index (χ0v) is 13.4. The van der Waals surface area contributed by atoms with Gasteiger partial charge in [-0.1, -0.05) is 18.6 Å². The molecule has 0 saturated heterocycles. The Morgan fingerprint density at radius 1 is 1.43 bits per heavy atom. The fourth-order valence-corrected chi connectivity index (χ4v) is 3.56. The number of carbonyl (C=O) groups is 1. The molecule has 4 nitrogen and oxygen atoms in total. The molecule has 1 saturated carbocycles. The van der Waals surface area contributed by atoms with Crippen LogP contribution in [0.15, 0.2) is 24.3 Å². The van der Waals surface area contributed by atoms with Crippen molar-refractivity contribution in [2.45, 2.75) is 31.1 Å². The van der Waals surface area contributed by atoms with E-state index >= 15 is 0 Å². The molecule has 1 N–H and O–H groups in total. The minimum absolute atomic E-state index is 0.0437. The number of aliphatic hydroxyl groups is 1. The van der Waals surface area contributed by atoms with Crippen LogP contribution in [0.3, 0.4) is 0 Å². The number of benzene rings is 1. The smallest absolute Gasteiger partial charge is 0.253 e. The van der Waals surface area contributed by atoms with Crippen molar-refractivity contribution in [2.75, 3.05) is 19.8 Å². The molecule has 0 spiro atoms. The predicted molar refractivity (Wildman–Crippen MR) is 84.5 cm³/mol. The van der Waals surface area contributed by atoms with Crippen molar-refractivity contribution >= 4 is 16.7 Å². The third kappa shape index (κ3) is 4.38. The van der Waals surface area contributed by atoms with Gasteiger partial charge in [-0.25, -0.2) is 0 Å². The molecule has 0 aromatic heterocycles. The van der Waals surface area contributed by atoms with E-state index in [9.17, 15) is 14.1 Å². The highest BCUT2D eigenvalue weighted by molar-refractivity contribution is 7.83. The van der Waals surface area contributed by atoms with Gasteiger partial charge in [0.25, 0.3) is 5.91 Å². The van der Waals surface area contributed by atoms with Crippen LogP contribution >= 0.6 is 0 Å². The SMILES string of the molecule is CN(CC1CCCC1O)C(=O)c1cccc(CS(C)=O)c1. The normalized spacial score (nSPS) is 23.0. The van der Waals surface area contributed by atoms with Gasteiger partial charge >= 0.3 is 0 Å². The van der Waals surface area contributed by atoms with E-state index in [0.29, 0.717) is 17.9 Å². The Morgan fingerprint density at radius 2 is 2.19 bits per heavy atom. The van der Waals surface area contributed by atoms with Crippen molar-refractivity contribution in [2.24, 2.45) is 5.92 Å².